The highest BCUT2D eigenvalue weighted by Crippen LogP contribution is 2.16. The van der Waals surface area contributed by atoms with Crippen LogP contribution in [0, 0.1) is 0 Å². The highest BCUT2D eigenvalue weighted by Gasteiger charge is 2.06. The van der Waals surface area contributed by atoms with E-state index in [1.54, 1.807) is 35.2 Å². The molecule has 0 fully saturated rings. The van der Waals surface area contributed by atoms with Gasteiger partial charge in [0.05, 0.1) is 12.7 Å². The molecule has 5 nitrogen and oxygen atoms in total. The lowest BCUT2D eigenvalue weighted by Gasteiger charge is -2.08. The van der Waals surface area contributed by atoms with Crippen molar-refractivity contribution in [2.45, 2.75) is 13.2 Å². The average molecular weight is 369 g/mol. The monoisotopic (exact) mass is 369 g/mol. The van der Waals surface area contributed by atoms with Crippen LogP contribution in [0.4, 0.5) is 14.6 Å². The van der Waals surface area contributed by atoms with Gasteiger partial charge in [-0.25, -0.2) is 4.68 Å². The zero-order valence-electron chi connectivity index (χ0n) is 14.3. The Morgan fingerprint density at radius 3 is 2.56 bits per heavy atom. The molecular formula is C20H17F2N3O2. The Balaban J connectivity index is 1.59. The molecular weight excluding hydrogens is 352 g/mol. The van der Waals surface area contributed by atoms with E-state index >= 15 is 0 Å². The van der Waals surface area contributed by atoms with E-state index < -0.39 is 6.61 Å². The molecule has 0 saturated heterocycles. The summed E-state index contributed by atoms with van der Waals surface area (Å²) in [7, 11) is 0. The van der Waals surface area contributed by atoms with Gasteiger partial charge in [-0.3, -0.25) is 4.79 Å². The lowest BCUT2D eigenvalue weighted by molar-refractivity contribution is -0.111. The molecule has 1 aromatic heterocycles. The van der Waals surface area contributed by atoms with E-state index in [9.17, 15) is 13.6 Å². The molecule has 0 bridgehead atoms. The second kappa shape index (κ2) is 8.75. The molecule has 7 heteroatoms. The third kappa shape index (κ3) is 5.50. The van der Waals surface area contributed by atoms with E-state index in [1.807, 2.05) is 30.3 Å². The maximum absolute atomic E-state index is 12.1. The first kappa shape index (κ1) is 18.3. The average Bonchev–Trinajstić information content (AvgIpc) is 3.08. The van der Waals surface area contributed by atoms with E-state index in [2.05, 4.69) is 15.2 Å². The van der Waals surface area contributed by atoms with Crippen molar-refractivity contribution in [2.75, 3.05) is 5.32 Å². The number of rotatable bonds is 7. The minimum Gasteiger partial charge on any atom is -0.435 e. The van der Waals surface area contributed by atoms with Crippen LogP contribution >= 0.6 is 0 Å². The van der Waals surface area contributed by atoms with Gasteiger partial charge in [0.15, 0.2) is 0 Å². The number of halogens is 2. The third-order valence-electron chi connectivity index (χ3n) is 3.68. The van der Waals surface area contributed by atoms with Gasteiger partial charge >= 0.3 is 6.61 Å². The fourth-order valence-corrected chi connectivity index (χ4v) is 2.42. The van der Waals surface area contributed by atoms with Gasteiger partial charge in [-0.1, -0.05) is 42.5 Å². The van der Waals surface area contributed by atoms with Gasteiger partial charge in [0, 0.05) is 12.1 Å². The normalized spacial score (nSPS) is 11.1. The zero-order chi connectivity index (χ0) is 19.1. The summed E-state index contributed by atoms with van der Waals surface area (Å²) in [5, 5.41) is 6.99. The highest BCUT2D eigenvalue weighted by molar-refractivity contribution is 6.01. The van der Waals surface area contributed by atoms with Crippen LogP contribution in [0.2, 0.25) is 0 Å². The Kier molecular flexibility index (Phi) is 5.94. The van der Waals surface area contributed by atoms with E-state index in [1.165, 1.54) is 18.2 Å². The molecule has 3 rings (SSSR count). The number of anilines is 1. The number of carbonyl (C=O) groups is 1. The smallest absolute Gasteiger partial charge is 0.387 e. The van der Waals surface area contributed by atoms with Crippen molar-refractivity contribution < 1.29 is 18.3 Å². The number of hydrogen-bond acceptors (Lipinski definition) is 3. The Morgan fingerprint density at radius 2 is 1.85 bits per heavy atom. The molecule has 27 heavy (non-hydrogen) atoms. The van der Waals surface area contributed by atoms with E-state index in [0.29, 0.717) is 17.9 Å². The fraction of sp³-hybridized carbons (Fsp3) is 0.100. The summed E-state index contributed by atoms with van der Waals surface area (Å²) < 4.78 is 30.2. The first-order chi connectivity index (χ1) is 13.1. The van der Waals surface area contributed by atoms with Gasteiger partial charge in [0.25, 0.3) is 0 Å². The molecule has 0 spiro atoms. The van der Waals surface area contributed by atoms with Crippen LogP contribution in [-0.2, 0) is 11.3 Å². The summed E-state index contributed by atoms with van der Waals surface area (Å²) in [5.41, 5.74) is 1.75. The SMILES string of the molecule is O=C(/C=C/c1ccc(OC(F)F)cc1)Nc1ccnn1Cc1ccccc1. The molecule has 2 aromatic carbocycles. The maximum Gasteiger partial charge on any atom is 0.387 e. The summed E-state index contributed by atoms with van der Waals surface area (Å²) in [5.74, 6) is 0.323. The van der Waals surface area contributed by atoms with Crippen molar-refractivity contribution in [1.82, 2.24) is 9.78 Å². The Hall–Kier alpha value is -3.48. The number of benzene rings is 2. The van der Waals surface area contributed by atoms with Gasteiger partial charge in [-0.05, 0) is 29.3 Å². The number of alkyl halides is 2. The second-order valence-corrected chi connectivity index (χ2v) is 5.63. The van der Waals surface area contributed by atoms with Crippen molar-refractivity contribution in [3.63, 3.8) is 0 Å². The number of aromatic nitrogens is 2. The van der Waals surface area contributed by atoms with Crippen LogP contribution in [0.25, 0.3) is 6.08 Å². The predicted molar refractivity (Wildman–Crippen MR) is 98.5 cm³/mol. The van der Waals surface area contributed by atoms with E-state index in [0.717, 1.165) is 5.56 Å². The Labute approximate surface area is 154 Å². The molecule has 0 saturated carbocycles. The first-order valence-electron chi connectivity index (χ1n) is 8.20. The van der Waals surface area contributed by atoms with Gasteiger partial charge in [-0.15, -0.1) is 0 Å². The van der Waals surface area contributed by atoms with Crippen molar-refractivity contribution in [1.29, 1.82) is 0 Å². The number of amides is 1. The standard InChI is InChI=1S/C20H17F2N3O2/c21-20(22)27-17-9-6-15(7-10-17)8-11-19(26)24-18-12-13-23-25(18)14-16-4-2-1-3-5-16/h1-13,20H,14H2,(H,24,26)/b11-8+. The number of ether oxygens (including phenoxy) is 1. The van der Waals surface area contributed by atoms with E-state index in [-0.39, 0.29) is 11.7 Å². The van der Waals surface area contributed by atoms with Crippen LogP contribution in [0.15, 0.2) is 72.9 Å². The van der Waals surface area contributed by atoms with Crippen molar-refractivity contribution in [3.05, 3.63) is 84.1 Å². The summed E-state index contributed by atoms with van der Waals surface area (Å²) in [6.45, 7) is -2.32. The molecule has 0 radical (unpaired) electrons. The van der Waals surface area contributed by atoms with Crippen molar-refractivity contribution in [3.8, 4) is 5.75 Å². The summed E-state index contributed by atoms with van der Waals surface area (Å²) in [6.07, 6.45) is 4.56. The van der Waals surface area contributed by atoms with Crippen molar-refractivity contribution >= 4 is 17.8 Å². The largest absolute Gasteiger partial charge is 0.435 e. The van der Waals surface area contributed by atoms with Gasteiger partial charge in [0.1, 0.15) is 11.6 Å². The lowest BCUT2D eigenvalue weighted by Crippen LogP contribution is -2.13. The summed E-state index contributed by atoms with van der Waals surface area (Å²) >= 11 is 0. The lowest BCUT2D eigenvalue weighted by atomic mass is 10.2. The molecule has 0 aliphatic carbocycles. The molecule has 1 amide bonds. The molecule has 0 unspecified atom stereocenters. The summed E-state index contributed by atoms with van der Waals surface area (Å²) in [4.78, 5) is 12.1. The minimum absolute atomic E-state index is 0.0661. The summed E-state index contributed by atoms with van der Waals surface area (Å²) in [6, 6.07) is 17.5. The number of nitrogens with one attached hydrogen (secondary N) is 1. The second-order valence-electron chi connectivity index (χ2n) is 5.63. The predicted octanol–water partition coefficient (Wildman–Crippen LogP) is 4.18. The molecule has 3 aromatic rings. The molecule has 0 aliphatic rings. The number of carbonyl (C=O) groups excluding carboxylic acids is 1. The molecule has 0 aliphatic heterocycles. The first-order valence-corrected chi connectivity index (χ1v) is 8.20. The third-order valence-corrected chi connectivity index (χ3v) is 3.68. The maximum atomic E-state index is 12.1. The quantitative estimate of drug-likeness (QED) is 0.636. The van der Waals surface area contributed by atoms with Gasteiger partial charge in [0.2, 0.25) is 5.91 Å². The number of nitrogens with zero attached hydrogens (tertiary/aromatic N) is 2. The van der Waals surface area contributed by atoms with E-state index in [4.69, 9.17) is 0 Å². The van der Waals surface area contributed by atoms with Crippen LogP contribution in [0.5, 0.6) is 5.75 Å². The molecule has 1 N–H and O–H groups in total. The van der Waals surface area contributed by atoms with Crippen LogP contribution < -0.4 is 10.1 Å². The van der Waals surface area contributed by atoms with Gasteiger partial charge in [-0.2, -0.15) is 13.9 Å². The van der Waals surface area contributed by atoms with Gasteiger partial charge < -0.3 is 10.1 Å². The number of hydrogen-bond donors (Lipinski definition) is 1. The minimum atomic E-state index is -2.86. The fourth-order valence-electron chi connectivity index (χ4n) is 2.42. The van der Waals surface area contributed by atoms with Crippen LogP contribution in [0.1, 0.15) is 11.1 Å². The molecule has 138 valence electrons. The Morgan fingerprint density at radius 1 is 1.11 bits per heavy atom. The molecule has 1 heterocycles. The highest BCUT2D eigenvalue weighted by atomic mass is 19.3. The van der Waals surface area contributed by atoms with Crippen LogP contribution in [0.3, 0.4) is 0 Å². The zero-order valence-corrected chi connectivity index (χ0v) is 14.3. The molecule has 0 atom stereocenters. The Bertz CT molecular complexity index is 906. The van der Waals surface area contributed by atoms with Crippen LogP contribution in [-0.4, -0.2) is 22.3 Å². The topological polar surface area (TPSA) is 56.1 Å². The van der Waals surface area contributed by atoms with Crippen molar-refractivity contribution in [2.24, 2.45) is 0 Å².